The second-order valence-electron chi connectivity index (χ2n) is 9.64. The lowest BCUT2D eigenvalue weighted by molar-refractivity contribution is 0.159. The molecule has 3 aliphatic rings. The number of hydrogen-bond acceptors (Lipinski definition) is 3. The first-order chi connectivity index (χ1) is 13.7. The summed E-state index contributed by atoms with van der Waals surface area (Å²) in [6.45, 7) is 10.7. The number of halogens is 1. The van der Waals surface area contributed by atoms with Crippen molar-refractivity contribution in [3.05, 3.63) is 23.8 Å². The predicted octanol–water partition coefficient (Wildman–Crippen LogP) is 6.11. The van der Waals surface area contributed by atoms with Crippen LogP contribution in [0.25, 0.3) is 0 Å². The predicted molar refractivity (Wildman–Crippen MR) is 126 cm³/mol. The van der Waals surface area contributed by atoms with Crippen LogP contribution in [0, 0.1) is 11.3 Å². The molecule has 164 valence electrons. The van der Waals surface area contributed by atoms with E-state index in [9.17, 15) is 0 Å². The van der Waals surface area contributed by atoms with Gasteiger partial charge in [-0.2, -0.15) is 0 Å². The first-order valence-electron chi connectivity index (χ1n) is 11.8. The Labute approximate surface area is 184 Å². The molecule has 0 bridgehead atoms. The van der Waals surface area contributed by atoms with Crippen LogP contribution >= 0.6 is 12.4 Å². The number of nitrogens with zero attached hydrogens (tertiary/aromatic N) is 2. The molecule has 3 fully saturated rings. The van der Waals surface area contributed by atoms with E-state index in [1.807, 2.05) is 7.11 Å². The summed E-state index contributed by atoms with van der Waals surface area (Å²) in [5.41, 5.74) is 3.40. The maximum Gasteiger partial charge on any atom is 0.142 e. The van der Waals surface area contributed by atoms with E-state index in [-0.39, 0.29) is 12.4 Å². The third kappa shape index (κ3) is 5.22. The fourth-order valence-electron chi connectivity index (χ4n) is 5.57. The Balaban J connectivity index is 0.00000240. The second-order valence-corrected chi connectivity index (χ2v) is 9.64. The van der Waals surface area contributed by atoms with Crippen LogP contribution in [0.1, 0.15) is 76.7 Å². The number of methoxy groups -OCH3 is 1. The Morgan fingerprint density at radius 1 is 0.966 bits per heavy atom. The molecule has 0 amide bonds. The zero-order valence-electron chi connectivity index (χ0n) is 18.8. The fraction of sp³-hybridized carbons (Fsp3) is 0.760. The molecular weight excluding hydrogens is 380 g/mol. The summed E-state index contributed by atoms with van der Waals surface area (Å²) in [5, 5.41) is 0. The number of ether oxygens (including phenoxy) is 1. The molecule has 2 saturated carbocycles. The molecule has 4 heteroatoms. The van der Waals surface area contributed by atoms with Gasteiger partial charge in [-0.1, -0.05) is 32.8 Å². The van der Waals surface area contributed by atoms with Gasteiger partial charge in [-0.3, -0.25) is 4.90 Å². The van der Waals surface area contributed by atoms with E-state index < -0.39 is 0 Å². The van der Waals surface area contributed by atoms with Crippen molar-refractivity contribution in [3.8, 4) is 5.75 Å². The highest BCUT2D eigenvalue weighted by molar-refractivity contribution is 5.85. The Morgan fingerprint density at radius 2 is 1.62 bits per heavy atom. The summed E-state index contributed by atoms with van der Waals surface area (Å²) >= 11 is 0. The molecule has 4 rings (SSSR count). The smallest absolute Gasteiger partial charge is 0.142 e. The topological polar surface area (TPSA) is 15.7 Å². The highest BCUT2D eigenvalue weighted by Crippen LogP contribution is 2.47. The van der Waals surface area contributed by atoms with Gasteiger partial charge in [-0.25, -0.2) is 0 Å². The molecule has 0 atom stereocenters. The summed E-state index contributed by atoms with van der Waals surface area (Å²) < 4.78 is 5.86. The zero-order chi connectivity index (χ0) is 19.6. The van der Waals surface area contributed by atoms with E-state index in [0.717, 1.165) is 24.8 Å². The summed E-state index contributed by atoms with van der Waals surface area (Å²) in [6, 6.07) is 7.08. The van der Waals surface area contributed by atoms with Crippen molar-refractivity contribution in [2.75, 3.05) is 44.7 Å². The third-order valence-corrected chi connectivity index (χ3v) is 8.15. The van der Waals surface area contributed by atoms with Crippen molar-refractivity contribution in [1.82, 2.24) is 4.90 Å². The van der Waals surface area contributed by atoms with E-state index in [4.69, 9.17) is 4.74 Å². The quantitative estimate of drug-likeness (QED) is 0.528. The number of piperazine rings is 1. The van der Waals surface area contributed by atoms with Gasteiger partial charge in [0, 0.05) is 32.7 Å². The van der Waals surface area contributed by atoms with E-state index in [1.54, 1.807) is 0 Å². The molecule has 0 aromatic heterocycles. The minimum Gasteiger partial charge on any atom is -0.495 e. The number of anilines is 1. The fourth-order valence-corrected chi connectivity index (χ4v) is 5.57. The van der Waals surface area contributed by atoms with Crippen LogP contribution in [0.3, 0.4) is 0 Å². The summed E-state index contributed by atoms with van der Waals surface area (Å²) in [6.07, 6.45) is 11.0. The van der Waals surface area contributed by atoms with Gasteiger partial charge in [0.2, 0.25) is 0 Å². The average molecular weight is 421 g/mol. The van der Waals surface area contributed by atoms with Crippen LogP contribution in [0.15, 0.2) is 18.2 Å². The molecular formula is C25H41ClN2O. The normalized spacial score (nSPS) is 22.9. The van der Waals surface area contributed by atoms with Crippen LogP contribution in [-0.2, 0) is 0 Å². The Hall–Kier alpha value is -0.930. The molecule has 1 heterocycles. The lowest BCUT2D eigenvalue weighted by atomic mass is 9.66. The van der Waals surface area contributed by atoms with Gasteiger partial charge in [0.25, 0.3) is 0 Å². The molecule has 1 aliphatic heterocycles. The Bertz CT molecular complexity index is 638. The monoisotopic (exact) mass is 420 g/mol. The SMILES string of the molecule is CCC1(CC)CCC(c2ccc(N3CCN(CC4CC4)CC3)c(OC)c2)CC1.Cl. The first-order valence-corrected chi connectivity index (χ1v) is 11.8. The third-order valence-electron chi connectivity index (χ3n) is 8.15. The molecule has 0 N–H and O–H groups in total. The van der Waals surface area contributed by atoms with Crippen molar-refractivity contribution in [3.63, 3.8) is 0 Å². The molecule has 0 radical (unpaired) electrons. The first kappa shape index (κ1) is 22.7. The molecule has 29 heavy (non-hydrogen) atoms. The van der Waals surface area contributed by atoms with Crippen molar-refractivity contribution < 1.29 is 4.74 Å². The lowest BCUT2D eigenvalue weighted by Crippen LogP contribution is -2.47. The summed E-state index contributed by atoms with van der Waals surface area (Å²) in [5.74, 6) is 2.79. The van der Waals surface area contributed by atoms with Crippen molar-refractivity contribution in [1.29, 1.82) is 0 Å². The summed E-state index contributed by atoms with van der Waals surface area (Å²) in [4.78, 5) is 5.19. The largest absolute Gasteiger partial charge is 0.495 e. The number of rotatable bonds is 7. The number of benzene rings is 1. The summed E-state index contributed by atoms with van der Waals surface area (Å²) in [7, 11) is 1.84. The van der Waals surface area contributed by atoms with Gasteiger partial charge in [-0.05, 0) is 73.5 Å². The van der Waals surface area contributed by atoms with Crippen LogP contribution in [0.5, 0.6) is 5.75 Å². The van der Waals surface area contributed by atoms with Crippen molar-refractivity contribution in [2.24, 2.45) is 11.3 Å². The van der Waals surface area contributed by atoms with Crippen LogP contribution in [0.4, 0.5) is 5.69 Å². The standard InChI is InChI=1S/C25H40N2O.ClH/c1-4-25(5-2)12-10-21(11-13-25)22-8-9-23(24(18-22)28-3)27-16-14-26(15-17-27)19-20-6-7-20;/h8-9,18,20-21H,4-7,10-17,19H2,1-3H3;1H. The van der Waals surface area contributed by atoms with E-state index in [1.165, 1.54) is 82.3 Å². The van der Waals surface area contributed by atoms with E-state index >= 15 is 0 Å². The highest BCUT2D eigenvalue weighted by atomic mass is 35.5. The van der Waals surface area contributed by atoms with Crippen LogP contribution < -0.4 is 9.64 Å². The molecule has 1 aromatic carbocycles. The minimum absolute atomic E-state index is 0. The molecule has 1 saturated heterocycles. The average Bonchev–Trinajstić information content (AvgIpc) is 3.58. The van der Waals surface area contributed by atoms with Gasteiger partial charge in [0.15, 0.2) is 0 Å². The molecule has 0 spiro atoms. The van der Waals surface area contributed by atoms with Crippen molar-refractivity contribution in [2.45, 2.75) is 71.1 Å². The molecule has 0 unspecified atom stereocenters. The van der Waals surface area contributed by atoms with Gasteiger partial charge in [0.05, 0.1) is 12.8 Å². The van der Waals surface area contributed by atoms with Gasteiger partial charge in [-0.15, -0.1) is 12.4 Å². The number of hydrogen-bond donors (Lipinski definition) is 0. The molecule has 2 aliphatic carbocycles. The second kappa shape index (κ2) is 9.92. The maximum atomic E-state index is 5.86. The molecule has 1 aromatic rings. The van der Waals surface area contributed by atoms with Crippen LogP contribution in [0.2, 0.25) is 0 Å². The van der Waals surface area contributed by atoms with Gasteiger partial charge >= 0.3 is 0 Å². The highest BCUT2D eigenvalue weighted by Gasteiger charge is 2.33. The van der Waals surface area contributed by atoms with Gasteiger partial charge < -0.3 is 9.64 Å². The van der Waals surface area contributed by atoms with Crippen LogP contribution in [-0.4, -0.2) is 44.7 Å². The zero-order valence-corrected chi connectivity index (χ0v) is 19.6. The lowest BCUT2D eigenvalue weighted by Gasteiger charge is -2.40. The minimum atomic E-state index is 0. The van der Waals surface area contributed by atoms with E-state index in [0.29, 0.717) is 11.3 Å². The molecule has 3 nitrogen and oxygen atoms in total. The maximum absolute atomic E-state index is 5.86. The van der Waals surface area contributed by atoms with Gasteiger partial charge in [0.1, 0.15) is 5.75 Å². The van der Waals surface area contributed by atoms with E-state index in [2.05, 4.69) is 41.8 Å². The van der Waals surface area contributed by atoms with Crippen molar-refractivity contribution >= 4 is 18.1 Å². The Morgan fingerprint density at radius 3 is 2.17 bits per heavy atom. The Kier molecular flexibility index (Phi) is 7.78.